The molecule has 1 aliphatic heterocycles. The van der Waals surface area contributed by atoms with E-state index in [4.69, 9.17) is 9.47 Å². The van der Waals surface area contributed by atoms with Gasteiger partial charge in [-0.3, -0.25) is 9.59 Å². The molecule has 0 saturated heterocycles. The summed E-state index contributed by atoms with van der Waals surface area (Å²) in [6, 6.07) is 21.9. The van der Waals surface area contributed by atoms with Gasteiger partial charge >= 0.3 is 0 Å². The molecule has 0 radical (unpaired) electrons. The number of carbonyl (C=O) groups is 2. The van der Waals surface area contributed by atoms with Crippen molar-refractivity contribution in [3.8, 4) is 11.5 Å². The number of hydrogen-bond acceptors (Lipinski definition) is 4. The number of hydrogen-bond donors (Lipinski definition) is 0. The quantitative estimate of drug-likeness (QED) is 0.281. The molecule has 3 aromatic rings. The predicted octanol–water partition coefficient (Wildman–Crippen LogP) is 4.78. The van der Waals surface area contributed by atoms with Crippen LogP contribution in [-0.4, -0.2) is 18.9 Å². The molecule has 28 heavy (non-hydrogen) atoms. The number of ketones is 1. The summed E-state index contributed by atoms with van der Waals surface area (Å²) in [6.45, 7) is 1.95. The van der Waals surface area contributed by atoms with Crippen LogP contribution in [0.1, 0.15) is 34.0 Å². The van der Waals surface area contributed by atoms with Crippen molar-refractivity contribution in [3.05, 3.63) is 95.1 Å². The van der Waals surface area contributed by atoms with Crippen LogP contribution in [0.15, 0.2) is 72.8 Å². The zero-order valence-corrected chi connectivity index (χ0v) is 15.3. The van der Waals surface area contributed by atoms with E-state index in [9.17, 15) is 9.59 Å². The second kappa shape index (κ2) is 7.53. The standard InChI is InChI=1S/C24H18O4/c1-16(21(14-25)17-8-4-2-5-9-17)19-12-22-23(28-15-27-22)13-20(19)24(26)18-10-6-3-7-11-18/h2-14H,15H2,1H3/b21-16+. The summed E-state index contributed by atoms with van der Waals surface area (Å²) in [6.07, 6.45) is 0.825. The molecule has 0 bridgehead atoms. The molecule has 0 saturated carbocycles. The Bertz CT molecular complexity index is 1070. The lowest BCUT2D eigenvalue weighted by Crippen LogP contribution is -2.06. The van der Waals surface area contributed by atoms with Gasteiger partial charge in [-0.15, -0.1) is 0 Å². The summed E-state index contributed by atoms with van der Waals surface area (Å²) in [4.78, 5) is 25.1. The molecule has 4 nitrogen and oxygen atoms in total. The highest BCUT2D eigenvalue weighted by Gasteiger charge is 2.23. The third-order valence-corrected chi connectivity index (χ3v) is 4.80. The van der Waals surface area contributed by atoms with Crippen LogP contribution < -0.4 is 9.47 Å². The molecule has 0 unspecified atom stereocenters. The van der Waals surface area contributed by atoms with Crippen LogP contribution in [0.4, 0.5) is 0 Å². The molecule has 0 spiro atoms. The number of benzene rings is 3. The molecule has 0 amide bonds. The first-order valence-corrected chi connectivity index (χ1v) is 8.94. The van der Waals surface area contributed by atoms with Gasteiger partial charge in [0.2, 0.25) is 6.79 Å². The highest BCUT2D eigenvalue weighted by Crippen LogP contribution is 2.39. The number of ether oxygens (including phenoxy) is 2. The Kier molecular flexibility index (Phi) is 4.77. The van der Waals surface area contributed by atoms with E-state index in [-0.39, 0.29) is 12.6 Å². The minimum Gasteiger partial charge on any atom is -0.454 e. The molecular formula is C24H18O4. The Morgan fingerprint density at radius 3 is 1.93 bits per heavy atom. The summed E-state index contributed by atoms with van der Waals surface area (Å²) in [5.41, 5.74) is 3.74. The molecule has 1 heterocycles. The van der Waals surface area contributed by atoms with Crippen LogP contribution >= 0.6 is 0 Å². The third-order valence-electron chi connectivity index (χ3n) is 4.80. The van der Waals surface area contributed by atoms with Gasteiger partial charge in [0.05, 0.1) is 0 Å². The highest BCUT2D eigenvalue weighted by molar-refractivity contribution is 6.20. The average molecular weight is 370 g/mol. The zero-order valence-electron chi connectivity index (χ0n) is 15.3. The predicted molar refractivity (Wildman–Crippen MR) is 107 cm³/mol. The smallest absolute Gasteiger partial charge is 0.231 e. The molecule has 4 heteroatoms. The summed E-state index contributed by atoms with van der Waals surface area (Å²) in [5, 5.41) is 0. The Morgan fingerprint density at radius 2 is 1.36 bits per heavy atom. The monoisotopic (exact) mass is 370 g/mol. The van der Waals surface area contributed by atoms with Crippen molar-refractivity contribution in [2.45, 2.75) is 6.92 Å². The number of fused-ring (bicyclic) bond motifs is 1. The molecule has 1 aliphatic rings. The van der Waals surface area contributed by atoms with Crippen molar-refractivity contribution in [1.82, 2.24) is 0 Å². The first-order valence-electron chi connectivity index (χ1n) is 8.94. The Morgan fingerprint density at radius 1 is 0.821 bits per heavy atom. The summed E-state index contributed by atoms with van der Waals surface area (Å²) < 4.78 is 11.0. The fourth-order valence-corrected chi connectivity index (χ4v) is 3.32. The van der Waals surface area contributed by atoms with Crippen molar-refractivity contribution in [2.24, 2.45) is 0 Å². The molecule has 4 rings (SSSR count). The Labute approximate surface area is 163 Å². The molecule has 138 valence electrons. The van der Waals surface area contributed by atoms with Crippen molar-refractivity contribution < 1.29 is 19.1 Å². The lowest BCUT2D eigenvalue weighted by Gasteiger charge is -2.14. The number of aldehydes is 1. The van der Waals surface area contributed by atoms with Crippen LogP contribution in [0.25, 0.3) is 11.1 Å². The minimum absolute atomic E-state index is 0.111. The van der Waals surface area contributed by atoms with Crippen LogP contribution in [0.2, 0.25) is 0 Å². The van der Waals surface area contributed by atoms with Gasteiger partial charge in [0.25, 0.3) is 0 Å². The van der Waals surface area contributed by atoms with E-state index in [1.807, 2.05) is 55.5 Å². The molecular weight excluding hydrogens is 352 g/mol. The van der Waals surface area contributed by atoms with E-state index in [1.165, 1.54) is 0 Å². The van der Waals surface area contributed by atoms with E-state index in [2.05, 4.69) is 0 Å². The van der Waals surface area contributed by atoms with Gasteiger partial charge in [-0.25, -0.2) is 0 Å². The van der Waals surface area contributed by atoms with Crippen molar-refractivity contribution in [1.29, 1.82) is 0 Å². The van der Waals surface area contributed by atoms with Gasteiger partial charge in [0.15, 0.2) is 23.6 Å². The number of allylic oxidation sites excluding steroid dienone is 2. The number of rotatable bonds is 5. The van der Waals surface area contributed by atoms with E-state index in [0.717, 1.165) is 11.8 Å². The van der Waals surface area contributed by atoms with Gasteiger partial charge in [-0.1, -0.05) is 60.7 Å². The second-order valence-electron chi connectivity index (χ2n) is 6.47. The minimum atomic E-state index is -0.133. The van der Waals surface area contributed by atoms with E-state index >= 15 is 0 Å². The largest absolute Gasteiger partial charge is 0.454 e. The van der Waals surface area contributed by atoms with Gasteiger partial charge < -0.3 is 9.47 Å². The highest BCUT2D eigenvalue weighted by atomic mass is 16.7. The van der Waals surface area contributed by atoms with Crippen LogP contribution in [-0.2, 0) is 4.79 Å². The summed E-state index contributed by atoms with van der Waals surface area (Å²) in [7, 11) is 0. The maximum Gasteiger partial charge on any atom is 0.231 e. The molecule has 0 atom stereocenters. The van der Waals surface area contributed by atoms with Gasteiger partial charge in [-0.05, 0) is 35.8 Å². The van der Waals surface area contributed by atoms with Gasteiger partial charge in [-0.2, -0.15) is 0 Å². The first-order chi connectivity index (χ1) is 13.7. The van der Waals surface area contributed by atoms with Crippen LogP contribution in [0, 0.1) is 0 Å². The topological polar surface area (TPSA) is 52.6 Å². The van der Waals surface area contributed by atoms with Crippen molar-refractivity contribution >= 4 is 23.2 Å². The summed E-state index contributed by atoms with van der Waals surface area (Å²) >= 11 is 0. The molecule has 0 fully saturated rings. The lowest BCUT2D eigenvalue weighted by atomic mass is 9.90. The molecule has 0 aliphatic carbocycles. The first kappa shape index (κ1) is 17.7. The van der Waals surface area contributed by atoms with Crippen LogP contribution in [0.3, 0.4) is 0 Å². The molecule has 0 aromatic heterocycles. The zero-order chi connectivity index (χ0) is 19.5. The maximum absolute atomic E-state index is 13.2. The second-order valence-corrected chi connectivity index (χ2v) is 6.47. The Balaban J connectivity index is 1.92. The SMILES string of the molecule is C/C(=C(/C=O)c1ccccc1)c1cc2c(cc1C(=O)c1ccccc1)OCO2. The fourth-order valence-electron chi connectivity index (χ4n) is 3.32. The fraction of sp³-hybridized carbons (Fsp3) is 0.0833. The van der Waals surface area contributed by atoms with E-state index in [1.54, 1.807) is 24.3 Å². The maximum atomic E-state index is 13.2. The Hall–Kier alpha value is -3.66. The molecule has 0 N–H and O–H groups in total. The van der Waals surface area contributed by atoms with Gasteiger partial charge in [0.1, 0.15) is 0 Å². The third kappa shape index (κ3) is 3.21. The van der Waals surface area contributed by atoms with E-state index in [0.29, 0.717) is 39.3 Å². The molecule has 3 aromatic carbocycles. The van der Waals surface area contributed by atoms with Crippen molar-refractivity contribution in [2.75, 3.05) is 6.79 Å². The lowest BCUT2D eigenvalue weighted by molar-refractivity contribution is -0.103. The summed E-state index contributed by atoms with van der Waals surface area (Å²) in [5.74, 6) is 0.965. The normalized spacial score (nSPS) is 13.0. The van der Waals surface area contributed by atoms with Crippen LogP contribution in [0.5, 0.6) is 11.5 Å². The van der Waals surface area contributed by atoms with E-state index < -0.39 is 0 Å². The van der Waals surface area contributed by atoms with Gasteiger partial charge in [0, 0.05) is 16.7 Å². The average Bonchev–Trinajstić information content (AvgIpc) is 3.22. The van der Waals surface area contributed by atoms with Crippen molar-refractivity contribution in [3.63, 3.8) is 0 Å². The number of carbonyl (C=O) groups excluding carboxylic acids is 2.